The van der Waals surface area contributed by atoms with Gasteiger partial charge in [-0.15, -0.1) is 0 Å². The van der Waals surface area contributed by atoms with Crippen LogP contribution < -0.4 is 4.74 Å². The number of carbonyl (C=O) groups is 1. The number of carbonyl (C=O) groups excluding carboxylic acids is 1. The molecular weight excluding hydrogens is 293 g/mol. The number of benzene rings is 2. The van der Waals surface area contributed by atoms with Gasteiger partial charge >= 0.3 is 0 Å². The van der Waals surface area contributed by atoms with Crippen molar-refractivity contribution in [3.05, 3.63) is 65.5 Å². The number of hydrogen-bond donors (Lipinski definition) is 0. The molecule has 0 aliphatic heterocycles. The highest BCUT2D eigenvalue weighted by molar-refractivity contribution is 5.94. The van der Waals surface area contributed by atoms with Crippen molar-refractivity contribution in [2.45, 2.75) is 32.9 Å². The zero-order valence-corrected chi connectivity index (χ0v) is 13.8. The lowest BCUT2D eigenvalue weighted by molar-refractivity contribution is 0.0671. The highest BCUT2D eigenvalue weighted by Crippen LogP contribution is 2.21. The van der Waals surface area contributed by atoms with Gasteiger partial charge in [-0.1, -0.05) is 37.3 Å². The monoisotopic (exact) mass is 315 g/mol. The molecule has 122 valence electrons. The Hall–Kier alpha value is -2.36. The van der Waals surface area contributed by atoms with Crippen LogP contribution in [-0.2, 0) is 6.54 Å². The van der Waals surface area contributed by atoms with Crippen LogP contribution in [0.1, 0.15) is 36.2 Å². The Kier molecular flexibility index (Phi) is 5.74. The molecule has 3 nitrogen and oxygen atoms in total. The number of ether oxygens (including phenoxy) is 1. The first-order valence-electron chi connectivity index (χ1n) is 7.75. The minimum Gasteiger partial charge on any atom is -0.494 e. The molecule has 0 radical (unpaired) electrons. The van der Waals surface area contributed by atoms with E-state index in [0.29, 0.717) is 12.1 Å². The molecular formula is C19H22FNO2. The highest BCUT2D eigenvalue weighted by atomic mass is 19.1. The standard InChI is InChI=1S/C19H22FNO2/c1-4-14(2)21(13-15-8-6-5-7-9-15)19(22)16-10-11-18(23-3)17(20)12-16/h5-12,14H,4,13H2,1-3H3. The Balaban J connectivity index is 2.28. The Morgan fingerprint density at radius 2 is 1.91 bits per heavy atom. The lowest BCUT2D eigenvalue weighted by Gasteiger charge is -2.29. The van der Waals surface area contributed by atoms with Crippen molar-refractivity contribution >= 4 is 5.91 Å². The summed E-state index contributed by atoms with van der Waals surface area (Å²) < 4.78 is 18.8. The van der Waals surface area contributed by atoms with Crippen LogP contribution in [0.15, 0.2) is 48.5 Å². The van der Waals surface area contributed by atoms with Crippen LogP contribution in [0.2, 0.25) is 0 Å². The van der Waals surface area contributed by atoms with E-state index in [0.717, 1.165) is 12.0 Å². The van der Waals surface area contributed by atoms with Crippen LogP contribution in [0.3, 0.4) is 0 Å². The summed E-state index contributed by atoms with van der Waals surface area (Å²) in [5.41, 5.74) is 1.38. The zero-order chi connectivity index (χ0) is 16.8. The van der Waals surface area contributed by atoms with Gasteiger partial charge in [0.15, 0.2) is 11.6 Å². The summed E-state index contributed by atoms with van der Waals surface area (Å²) in [7, 11) is 1.40. The van der Waals surface area contributed by atoms with Gasteiger partial charge in [0.25, 0.3) is 5.91 Å². The summed E-state index contributed by atoms with van der Waals surface area (Å²) in [6.07, 6.45) is 0.831. The summed E-state index contributed by atoms with van der Waals surface area (Å²) in [5, 5.41) is 0. The molecule has 23 heavy (non-hydrogen) atoms. The summed E-state index contributed by atoms with van der Waals surface area (Å²) in [4.78, 5) is 14.6. The van der Waals surface area contributed by atoms with Crippen molar-refractivity contribution < 1.29 is 13.9 Å². The molecule has 0 aliphatic rings. The fraction of sp³-hybridized carbons (Fsp3) is 0.316. The van der Waals surface area contributed by atoms with Gasteiger partial charge in [-0.05, 0) is 37.1 Å². The van der Waals surface area contributed by atoms with Gasteiger partial charge in [-0.3, -0.25) is 4.79 Å². The molecule has 1 amide bonds. The van der Waals surface area contributed by atoms with E-state index in [9.17, 15) is 9.18 Å². The van der Waals surface area contributed by atoms with Gasteiger partial charge < -0.3 is 9.64 Å². The van der Waals surface area contributed by atoms with E-state index in [1.54, 1.807) is 11.0 Å². The average Bonchev–Trinajstić information content (AvgIpc) is 2.59. The highest BCUT2D eigenvalue weighted by Gasteiger charge is 2.21. The van der Waals surface area contributed by atoms with Gasteiger partial charge in [0, 0.05) is 18.2 Å². The lowest BCUT2D eigenvalue weighted by Crippen LogP contribution is -2.37. The fourth-order valence-electron chi connectivity index (χ4n) is 2.39. The van der Waals surface area contributed by atoms with Crippen LogP contribution in [0.5, 0.6) is 5.75 Å². The largest absolute Gasteiger partial charge is 0.494 e. The van der Waals surface area contributed by atoms with Crippen molar-refractivity contribution in [3.63, 3.8) is 0 Å². The molecule has 1 unspecified atom stereocenters. The van der Waals surface area contributed by atoms with Crippen molar-refractivity contribution in [1.82, 2.24) is 4.90 Å². The molecule has 0 spiro atoms. The molecule has 0 heterocycles. The third kappa shape index (κ3) is 4.09. The Labute approximate surface area is 136 Å². The second-order valence-corrected chi connectivity index (χ2v) is 5.53. The maximum atomic E-state index is 13.9. The number of methoxy groups -OCH3 is 1. The Bertz CT molecular complexity index is 658. The Morgan fingerprint density at radius 3 is 2.48 bits per heavy atom. The van der Waals surface area contributed by atoms with Crippen molar-refractivity contribution in [2.75, 3.05) is 7.11 Å². The van der Waals surface area contributed by atoms with Gasteiger partial charge in [-0.25, -0.2) is 4.39 Å². The predicted octanol–water partition coefficient (Wildman–Crippen LogP) is 4.28. The van der Waals surface area contributed by atoms with E-state index in [1.165, 1.54) is 19.2 Å². The molecule has 0 aliphatic carbocycles. The van der Waals surface area contributed by atoms with Crippen molar-refractivity contribution in [2.24, 2.45) is 0 Å². The molecule has 2 aromatic carbocycles. The molecule has 0 aromatic heterocycles. The second-order valence-electron chi connectivity index (χ2n) is 5.53. The topological polar surface area (TPSA) is 29.5 Å². The van der Waals surface area contributed by atoms with Gasteiger partial charge in [0.05, 0.1) is 7.11 Å². The van der Waals surface area contributed by atoms with E-state index in [-0.39, 0.29) is 17.7 Å². The summed E-state index contributed by atoms with van der Waals surface area (Å²) in [6, 6.07) is 14.2. The maximum absolute atomic E-state index is 13.9. The van der Waals surface area contributed by atoms with Gasteiger partial charge in [0.1, 0.15) is 0 Å². The van der Waals surface area contributed by atoms with Gasteiger partial charge in [0.2, 0.25) is 0 Å². The van der Waals surface area contributed by atoms with Crippen LogP contribution >= 0.6 is 0 Å². The molecule has 0 fully saturated rings. The lowest BCUT2D eigenvalue weighted by atomic mass is 10.1. The minimum atomic E-state index is -0.526. The summed E-state index contributed by atoms with van der Waals surface area (Å²) in [5.74, 6) is -0.563. The number of nitrogens with zero attached hydrogens (tertiary/aromatic N) is 1. The molecule has 0 saturated carbocycles. The fourth-order valence-corrected chi connectivity index (χ4v) is 2.39. The van der Waals surface area contributed by atoms with E-state index in [4.69, 9.17) is 4.74 Å². The SMILES string of the molecule is CCC(C)N(Cc1ccccc1)C(=O)c1ccc(OC)c(F)c1. The normalized spacial score (nSPS) is 11.8. The molecule has 2 aromatic rings. The van der Waals surface area contributed by atoms with Crippen LogP contribution in [0, 0.1) is 5.82 Å². The van der Waals surface area contributed by atoms with Crippen LogP contribution in [0.25, 0.3) is 0 Å². The Morgan fingerprint density at radius 1 is 1.22 bits per heavy atom. The molecule has 0 bridgehead atoms. The van der Waals surface area contributed by atoms with E-state index in [1.807, 2.05) is 44.2 Å². The van der Waals surface area contributed by atoms with Crippen LogP contribution in [-0.4, -0.2) is 24.0 Å². The van der Waals surface area contributed by atoms with Crippen molar-refractivity contribution in [1.29, 1.82) is 0 Å². The molecule has 0 saturated heterocycles. The average molecular weight is 315 g/mol. The van der Waals surface area contributed by atoms with Crippen molar-refractivity contribution in [3.8, 4) is 5.75 Å². The molecule has 1 atom stereocenters. The third-order valence-electron chi connectivity index (χ3n) is 3.98. The molecule has 4 heteroatoms. The number of amides is 1. The number of halogens is 1. The molecule has 2 rings (SSSR count). The summed E-state index contributed by atoms with van der Waals surface area (Å²) >= 11 is 0. The second kappa shape index (κ2) is 7.77. The first kappa shape index (κ1) is 17.0. The third-order valence-corrected chi connectivity index (χ3v) is 3.98. The van der Waals surface area contributed by atoms with E-state index < -0.39 is 5.82 Å². The molecule has 0 N–H and O–H groups in total. The minimum absolute atomic E-state index is 0.0628. The predicted molar refractivity (Wildman–Crippen MR) is 89.0 cm³/mol. The van der Waals surface area contributed by atoms with Crippen LogP contribution in [0.4, 0.5) is 4.39 Å². The number of rotatable bonds is 6. The maximum Gasteiger partial charge on any atom is 0.254 e. The van der Waals surface area contributed by atoms with Gasteiger partial charge in [-0.2, -0.15) is 0 Å². The first-order chi connectivity index (χ1) is 11.1. The van der Waals surface area contributed by atoms with E-state index >= 15 is 0 Å². The number of hydrogen-bond acceptors (Lipinski definition) is 2. The quantitative estimate of drug-likeness (QED) is 0.796. The zero-order valence-electron chi connectivity index (χ0n) is 13.8. The van der Waals surface area contributed by atoms with E-state index in [2.05, 4.69) is 0 Å². The summed E-state index contributed by atoms with van der Waals surface area (Å²) in [6.45, 7) is 4.54. The smallest absolute Gasteiger partial charge is 0.254 e. The first-order valence-corrected chi connectivity index (χ1v) is 7.75.